The number of ether oxygens (including phenoxy) is 2. The van der Waals surface area contributed by atoms with Crippen LogP contribution in [-0.2, 0) is 11.2 Å². The van der Waals surface area contributed by atoms with Gasteiger partial charge in [-0.1, -0.05) is 13.3 Å². The fraction of sp³-hybridized carbons (Fsp3) is 0.391. The van der Waals surface area contributed by atoms with Crippen molar-refractivity contribution in [3.05, 3.63) is 53.1 Å². The lowest BCUT2D eigenvalue weighted by Crippen LogP contribution is -2.23. The lowest BCUT2D eigenvalue weighted by molar-refractivity contribution is -0.0588. The van der Waals surface area contributed by atoms with Crippen molar-refractivity contribution in [3.8, 4) is 11.5 Å². The summed E-state index contributed by atoms with van der Waals surface area (Å²) in [5.74, 6) is -0.655. The van der Waals surface area contributed by atoms with Crippen LogP contribution in [0.4, 0.5) is 18.9 Å². The molecular formula is C23H27F3N2O4. The molecule has 0 fully saturated rings. The van der Waals surface area contributed by atoms with Crippen LogP contribution in [0, 0.1) is 5.41 Å². The molecule has 2 aromatic rings. The van der Waals surface area contributed by atoms with E-state index >= 15 is 0 Å². The summed E-state index contributed by atoms with van der Waals surface area (Å²) in [7, 11) is 3.21. The maximum atomic E-state index is 12.9. The number of halogens is 3. The minimum atomic E-state index is -4.84. The molecule has 0 heterocycles. The van der Waals surface area contributed by atoms with E-state index in [9.17, 15) is 23.1 Å². The highest BCUT2D eigenvalue weighted by Crippen LogP contribution is 2.36. The lowest BCUT2D eigenvalue weighted by Gasteiger charge is -2.20. The second-order valence-corrected chi connectivity index (χ2v) is 7.22. The van der Waals surface area contributed by atoms with Gasteiger partial charge in [-0.25, -0.2) is 4.79 Å². The normalized spacial score (nSPS) is 11.2. The summed E-state index contributed by atoms with van der Waals surface area (Å²) in [6, 6.07) is 9.39. The van der Waals surface area contributed by atoms with Crippen molar-refractivity contribution in [2.24, 2.45) is 0 Å². The summed E-state index contributed by atoms with van der Waals surface area (Å²) >= 11 is 0. The number of anilines is 1. The second kappa shape index (κ2) is 10.9. The molecule has 0 saturated heterocycles. The average Bonchev–Trinajstić information content (AvgIpc) is 2.77. The van der Waals surface area contributed by atoms with E-state index in [-0.39, 0.29) is 12.2 Å². The maximum Gasteiger partial charge on any atom is 0.433 e. The summed E-state index contributed by atoms with van der Waals surface area (Å²) in [6.07, 6.45) is -3.31. The van der Waals surface area contributed by atoms with Crippen molar-refractivity contribution in [2.75, 3.05) is 32.2 Å². The summed E-state index contributed by atoms with van der Waals surface area (Å²) in [6.45, 7) is 2.76. The minimum absolute atomic E-state index is 0.269. The quantitative estimate of drug-likeness (QED) is 0.302. The van der Waals surface area contributed by atoms with Crippen molar-refractivity contribution in [1.29, 1.82) is 5.41 Å². The third kappa shape index (κ3) is 6.15. The predicted octanol–water partition coefficient (Wildman–Crippen LogP) is 4.97. The first-order valence-corrected chi connectivity index (χ1v) is 10.1. The molecule has 6 nitrogen and oxygen atoms in total. The standard InChI is InChI=1S/C23H27F3N2O4/c1-4-6-17-19(12-11-18(20(17)29)21(27)23(24,25)26)32-14-5-13-28(2)16-9-7-15(8-10-16)22(30)31-3/h7-12,27,29H,4-6,13-14H2,1-3H3. The molecular weight excluding hydrogens is 425 g/mol. The number of esters is 1. The predicted molar refractivity (Wildman–Crippen MR) is 116 cm³/mol. The molecule has 0 amide bonds. The topological polar surface area (TPSA) is 82.8 Å². The molecule has 0 saturated carbocycles. The zero-order valence-corrected chi connectivity index (χ0v) is 18.3. The van der Waals surface area contributed by atoms with Crippen molar-refractivity contribution in [3.63, 3.8) is 0 Å². The number of phenols is 1. The fourth-order valence-corrected chi connectivity index (χ4v) is 3.18. The number of nitrogens with zero attached hydrogens (tertiary/aromatic N) is 1. The largest absolute Gasteiger partial charge is 0.507 e. The molecule has 0 unspecified atom stereocenters. The smallest absolute Gasteiger partial charge is 0.433 e. The molecule has 0 spiro atoms. The van der Waals surface area contributed by atoms with Crippen molar-refractivity contribution in [2.45, 2.75) is 32.4 Å². The Morgan fingerprint density at radius 2 is 1.81 bits per heavy atom. The monoisotopic (exact) mass is 452 g/mol. The molecule has 0 aliphatic rings. The Kier molecular flexibility index (Phi) is 8.51. The van der Waals surface area contributed by atoms with Crippen LogP contribution >= 0.6 is 0 Å². The van der Waals surface area contributed by atoms with Gasteiger partial charge < -0.3 is 19.5 Å². The van der Waals surface area contributed by atoms with E-state index in [2.05, 4.69) is 4.74 Å². The van der Waals surface area contributed by atoms with Crippen LogP contribution in [0.1, 0.15) is 41.3 Å². The van der Waals surface area contributed by atoms with Gasteiger partial charge in [0.05, 0.1) is 19.3 Å². The Morgan fingerprint density at radius 1 is 1.16 bits per heavy atom. The number of rotatable bonds is 10. The Morgan fingerprint density at radius 3 is 2.38 bits per heavy atom. The van der Waals surface area contributed by atoms with Gasteiger partial charge in [-0.2, -0.15) is 13.2 Å². The first kappa shape index (κ1) is 25.0. The number of phenolic OH excluding ortho intramolecular Hbond substituents is 1. The van der Waals surface area contributed by atoms with Crippen molar-refractivity contribution < 1.29 is 32.5 Å². The summed E-state index contributed by atoms with van der Waals surface area (Å²) in [4.78, 5) is 13.5. The number of hydrogen-bond acceptors (Lipinski definition) is 6. The summed E-state index contributed by atoms with van der Waals surface area (Å²) < 4.78 is 49.1. The van der Waals surface area contributed by atoms with Gasteiger partial charge in [0.25, 0.3) is 0 Å². The van der Waals surface area contributed by atoms with E-state index in [0.29, 0.717) is 37.1 Å². The van der Waals surface area contributed by atoms with Gasteiger partial charge in [0, 0.05) is 30.4 Å². The first-order valence-electron chi connectivity index (χ1n) is 10.1. The van der Waals surface area contributed by atoms with Gasteiger partial charge in [-0.15, -0.1) is 0 Å². The summed E-state index contributed by atoms with van der Waals surface area (Å²) in [5.41, 5.74) is -0.511. The molecule has 0 aromatic heterocycles. The highest BCUT2D eigenvalue weighted by atomic mass is 19.4. The van der Waals surface area contributed by atoms with Crippen LogP contribution in [-0.4, -0.2) is 50.3 Å². The summed E-state index contributed by atoms with van der Waals surface area (Å²) in [5, 5.41) is 17.7. The van der Waals surface area contributed by atoms with E-state index in [1.807, 2.05) is 18.9 Å². The number of benzene rings is 2. The maximum absolute atomic E-state index is 12.9. The molecule has 2 N–H and O–H groups in total. The zero-order valence-electron chi connectivity index (χ0n) is 18.3. The van der Waals surface area contributed by atoms with Crippen molar-refractivity contribution in [1.82, 2.24) is 0 Å². The van der Waals surface area contributed by atoms with Gasteiger partial charge in [0.15, 0.2) is 0 Å². The average molecular weight is 452 g/mol. The second-order valence-electron chi connectivity index (χ2n) is 7.22. The van der Waals surface area contributed by atoms with E-state index < -0.39 is 29.2 Å². The van der Waals surface area contributed by atoms with Crippen LogP contribution in [0.25, 0.3) is 0 Å². The van der Waals surface area contributed by atoms with E-state index in [1.54, 1.807) is 24.3 Å². The molecule has 0 atom stereocenters. The minimum Gasteiger partial charge on any atom is -0.507 e. The Bertz CT molecular complexity index is 943. The number of methoxy groups -OCH3 is 1. The van der Waals surface area contributed by atoms with E-state index in [1.165, 1.54) is 13.2 Å². The third-order valence-corrected chi connectivity index (χ3v) is 4.92. The number of alkyl halides is 3. The zero-order chi connectivity index (χ0) is 23.9. The molecule has 0 radical (unpaired) electrons. The number of hydrogen-bond donors (Lipinski definition) is 2. The molecule has 2 rings (SSSR count). The molecule has 0 aliphatic heterocycles. The van der Waals surface area contributed by atoms with Crippen molar-refractivity contribution >= 4 is 17.4 Å². The van der Waals surface area contributed by atoms with Gasteiger partial charge in [0.2, 0.25) is 0 Å². The molecule has 0 aliphatic carbocycles. The number of nitrogens with one attached hydrogen (secondary N) is 1. The van der Waals surface area contributed by atoms with Gasteiger partial charge >= 0.3 is 12.1 Å². The molecule has 9 heteroatoms. The number of carbonyl (C=O) groups is 1. The number of aromatic hydroxyl groups is 1. The van der Waals surface area contributed by atoms with E-state index in [0.717, 1.165) is 11.8 Å². The Balaban J connectivity index is 2.00. The van der Waals surface area contributed by atoms with Crippen LogP contribution in [0.15, 0.2) is 36.4 Å². The van der Waals surface area contributed by atoms with Gasteiger partial charge in [-0.3, -0.25) is 5.41 Å². The SMILES string of the molecule is CCCc1c(OCCCN(C)c2ccc(C(=O)OC)cc2)ccc(C(=N)C(F)(F)F)c1O. The highest BCUT2D eigenvalue weighted by molar-refractivity contribution is 6.04. The van der Waals surface area contributed by atoms with Gasteiger partial charge in [-0.05, 0) is 49.2 Å². The Hall–Kier alpha value is -3.23. The molecule has 0 bridgehead atoms. The number of carbonyl (C=O) groups excluding carboxylic acids is 1. The Labute approximate surface area is 185 Å². The fourth-order valence-electron chi connectivity index (χ4n) is 3.18. The van der Waals surface area contributed by atoms with Crippen LogP contribution in [0.2, 0.25) is 0 Å². The molecule has 2 aromatic carbocycles. The van der Waals surface area contributed by atoms with Crippen LogP contribution in [0.5, 0.6) is 11.5 Å². The molecule has 174 valence electrons. The third-order valence-electron chi connectivity index (χ3n) is 4.92. The lowest BCUT2D eigenvalue weighted by atomic mass is 10.00. The van der Waals surface area contributed by atoms with Gasteiger partial charge in [0.1, 0.15) is 17.2 Å². The van der Waals surface area contributed by atoms with Crippen LogP contribution in [0.3, 0.4) is 0 Å². The molecule has 32 heavy (non-hydrogen) atoms. The first-order chi connectivity index (χ1) is 15.1. The highest BCUT2D eigenvalue weighted by Gasteiger charge is 2.37. The van der Waals surface area contributed by atoms with Crippen LogP contribution < -0.4 is 9.64 Å². The van der Waals surface area contributed by atoms with E-state index in [4.69, 9.17) is 10.1 Å².